The molecule has 0 bridgehead atoms. The molecule has 0 unspecified atom stereocenters. The first-order valence-electron chi connectivity index (χ1n) is 10.7. The van der Waals surface area contributed by atoms with Crippen molar-refractivity contribution in [2.45, 2.75) is 50.5 Å². The molecule has 3 aliphatic carbocycles. The average molecular weight is 562 g/mol. The number of allylic oxidation sites excluding steroid dienone is 4. The van der Waals surface area contributed by atoms with E-state index in [4.69, 9.17) is 17.0 Å². The van der Waals surface area contributed by atoms with Gasteiger partial charge in [-0.05, 0) is 71.5 Å². The fourth-order valence-corrected chi connectivity index (χ4v) is 19.5. The van der Waals surface area contributed by atoms with Gasteiger partial charge < -0.3 is 0 Å². The zero-order valence-corrected chi connectivity index (χ0v) is 22.7. The molecule has 0 spiro atoms. The minimum absolute atomic E-state index is 0.0278. The summed E-state index contributed by atoms with van der Waals surface area (Å²) in [7, 11) is 11.9. The Morgan fingerprint density at radius 2 is 1.42 bits per heavy atom. The van der Waals surface area contributed by atoms with Crippen LogP contribution in [0, 0.1) is 11.6 Å². The standard InChI is InChI=1S/C13H8F2.C6H13Si.C5H5F.2ClH.Zr/c14-10-3-1-8-5-9-2-4-11(15)7-13(9)12(8)6-10;7-6-4-2-1-3-5-6;6-5-3-1-2-4-5;;;/h1-4,6-7H,5H2;6H,1-5,7H2;1,3-4H,2H2;2*1H;/q;;;;;+2/p-2. The Kier molecular flexibility index (Phi) is 10.2. The van der Waals surface area contributed by atoms with Gasteiger partial charge >= 0.3 is 79.8 Å². The first-order chi connectivity index (χ1) is 14.9. The van der Waals surface area contributed by atoms with Crippen molar-refractivity contribution in [2.24, 2.45) is 0 Å². The van der Waals surface area contributed by atoms with E-state index in [2.05, 4.69) is 0 Å². The number of benzene rings is 2. The zero-order chi connectivity index (χ0) is 22.2. The van der Waals surface area contributed by atoms with Crippen molar-refractivity contribution in [1.82, 2.24) is 0 Å². The van der Waals surface area contributed by atoms with Crippen molar-refractivity contribution in [3.05, 3.63) is 83.2 Å². The van der Waals surface area contributed by atoms with Crippen LogP contribution in [-0.4, -0.2) is 6.65 Å². The van der Waals surface area contributed by atoms with E-state index < -0.39 is 18.5 Å². The molecule has 5 rings (SSSR count). The summed E-state index contributed by atoms with van der Waals surface area (Å²) in [5.74, 6) is -0.647. The molecule has 165 valence electrons. The second kappa shape index (κ2) is 12.6. The summed E-state index contributed by atoms with van der Waals surface area (Å²) >= 11 is -1.64. The molecule has 0 nitrogen and oxygen atoms in total. The van der Waals surface area contributed by atoms with Crippen LogP contribution in [0.3, 0.4) is 0 Å². The van der Waals surface area contributed by atoms with Crippen LogP contribution in [-0.2, 0) is 24.9 Å². The first-order valence-corrected chi connectivity index (χ1v) is 23.8. The van der Waals surface area contributed by atoms with E-state index in [1.807, 2.05) is 0 Å². The second-order valence-corrected chi connectivity index (χ2v) is 30.3. The van der Waals surface area contributed by atoms with Crippen LogP contribution in [0.5, 0.6) is 0 Å². The van der Waals surface area contributed by atoms with Crippen LogP contribution in [0.25, 0.3) is 11.1 Å². The van der Waals surface area contributed by atoms with E-state index in [0.717, 1.165) is 40.6 Å². The van der Waals surface area contributed by atoms with Crippen LogP contribution in [0.15, 0.2) is 60.5 Å². The average Bonchev–Trinajstić information content (AvgIpc) is 3.36. The summed E-state index contributed by atoms with van der Waals surface area (Å²) in [5, 5.41) is 0. The van der Waals surface area contributed by atoms with Gasteiger partial charge in [-0.1, -0.05) is 18.2 Å². The molecule has 31 heavy (non-hydrogen) atoms. The summed E-state index contributed by atoms with van der Waals surface area (Å²) in [6.45, 7) is 0.0278. The molecule has 0 radical (unpaired) electrons. The normalized spacial score (nSPS) is 16.7. The minimum atomic E-state index is -1.64. The van der Waals surface area contributed by atoms with Crippen molar-refractivity contribution in [2.75, 3.05) is 0 Å². The van der Waals surface area contributed by atoms with E-state index >= 15 is 0 Å². The van der Waals surface area contributed by atoms with Crippen molar-refractivity contribution < 1.29 is 31.7 Å². The quantitative estimate of drug-likeness (QED) is 0.278. The Balaban J connectivity index is 0.000000147. The van der Waals surface area contributed by atoms with Gasteiger partial charge in [-0.3, -0.25) is 0 Å². The van der Waals surface area contributed by atoms with E-state index in [0.29, 0.717) is 0 Å². The topological polar surface area (TPSA) is 0 Å². The summed E-state index contributed by atoms with van der Waals surface area (Å²) in [5.41, 5.74) is 4.82. The second-order valence-electron chi connectivity index (χ2n) is 8.05. The summed E-state index contributed by atoms with van der Waals surface area (Å²) in [6.07, 6.45) is 13.6. The van der Waals surface area contributed by atoms with Crippen LogP contribution in [0.1, 0.15) is 49.7 Å². The summed E-state index contributed by atoms with van der Waals surface area (Å²) < 4.78 is 37.8. The predicted molar refractivity (Wildman–Crippen MR) is 125 cm³/mol. The number of hydrogen-bond acceptors (Lipinski definition) is 0. The van der Waals surface area contributed by atoms with Crippen LogP contribution in [0.4, 0.5) is 13.2 Å². The van der Waals surface area contributed by atoms with Gasteiger partial charge in [0.15, 0.2) is 0 Å². The molecule has 2 aromatic rings. The van der Waals surface area contributed by atoms with Gasteiger partial charge in [-0.2, -0.15) is 0 Å². The molecule has 0 aliphatic heterocycles. The fourth-order valence-electron chi connectivity index (χ4n) is 4.15. The van der Waals surface area contributed by atoms with E-state index in [-0.39, 0.29) is 24.1 Å². The SMILES string of the molecule is FC1=CCC=C1.Fc1ccc2c(c1)-c1cc(F)ccc1C2.[Cl][Zr]([Cl])[SiH2]C1CCCCC1. The predicted octanol–water partition coefficient (Wildman–Crippen LogP) is 8.08. The molecule has 0 saturated heterocycles. The first kappa shape index (κ1) is 25.0. The van der Waals surface area contributed by atoms with Crippen LogP contribution in [0.2, 0.25) is 5.54 Å². The van der Waals surface area contributed by atoms with Crippen LogP contribution < -0.4 is 0 Å². The molecule has 0 atom stereocenters. The number of hydrogen-bond donors (Lipinski definition) is 0. The molecule has 0 aromatic heterocycles. The van der Waals surface area contributed by atoms with Gasteiger partial charge in [0.25, 0.3) is 0 Å². The number of halogens is 5. The molecule has 0 amide bonds. The van der Waals surface area contributed by atoms with Gasteiger partial charge in [0, 0.05) is 0 Å². The third kappa shape index (κ3) is 8.03. The number of fused-ring (bicyclic) bond motifs is 3. The Labute approximate surface area is 199 Å². The molecule has 0 N–H and O–H groups in total. The Bertz CT molecular complexity index is 888. The summed E-state index contributed by atoms with van der Waals surface area (Å²) in [4.78, 5) is 0. The molecular formula is C24H26Cl2F3SiZr. The molecule has 3 aliphatic rings. The molecule has 0 heterocycles. The van der Waals surface area contributed by atoms with Gasteiger partial charge in [0.1, 0.15) is 17.5 Å². The van der Waals surface area contributed by atoms with Crippen molar-refractivity contribution in [3.8, 4) is 11.1 Å². The van der Waals surface area contributed by atoms with E-state index in [9.17, 15) is 13.2 Å². The number of rotatable bonds is 2. The van der Waals surface area contributed by atoms with Gasteiger partial charge in [0.2, 0.25) is 0 Å². The van der Waals surface area contributed by atoms with Crippen LogP contribution >= 0.6 is 17.0 Å². The maximum atomic E-state index is 13.1. The third-order valence-corrected chi connectivity index (χ3v) is 19.4. The third-order valence-electron chi connectivity index (χ3n) is 5.71. The van der Waals surface area contributed by atoms with Gasteiger partial charge in [-0.15, -0.1) is 0 Å². The molecule has 1 fully saturated rings. The van der Waals surface area contributed by atoms with Crippen molar-refractivity contribution in [3.63, 3.8) is 0 Å². The zero-order valence-electron chi connectivity index (χ0n) is 17.3. The van der Waals surface area contributed by atoms with Crippen molar-refractivity contribution in [1.29, 1.82) is 0 Å². The Hall–Kier alpha value is -0.610. The van der Waals surface area contributed by atoms with Crippen molar-refractivity contribution >= 4 is 23.7 Å². The summed E-state index contributed by atoms with van der Waals surface area (Å²) in [6, 6.07) is 9.37. The van der Waals surface area contributed by atoms with E-state index in [1.165, 1.54) is 62.4 Å². The molecule has 1 saturated carbocycles. The van der Waals surface area contributed by atoms with Gasteiger partial charge in [-0.25, -0.2) is 13.2 Å². The Morgan fingerprint density at radius 3 is 1.84 bits per heavy atom. The molecule has 2 aromatic carbocycles. The fraction of sp³-hybridized carbons (Fsp3) is 0.333. The Morgan fingerprint density at radius 1 is 0.839 bits per heavy atom. The maximum absolute atomic E-state index is 13.1. The molecular weight excluding hydrogens is 535 g/mol. The van der Waals surface area contributed by atoms with Gasteiger partial charge in [0.05, 0.1) is 0 Å². The molecule has 7 heteroatoms. The monoisotopic (exact) mass is 559 g/mol. The van der Waals surface area contributed by atoms with E-state index in [1.54, 1.807) is 24.3 Å².